The average molecular weight is 311 g/mol. The zero-order valence-electron chi connectivity index (χ0n) is 9.58. The van der Waals surface area contributed by atoms with Crippen LogP contribution in [0.25, 0.3) is 0 Å². The molecule has 2 rings (SSSR count). The number of thioether (sulfide) groups is 1. The molecule has 0 bridgehead atoms. The van der Waals surface area contributed by atoms with Gasteiger partial charge in [-0.2, -0.15) is 17.0 Å². The minimum absolute atomic E-state index is 0.683. The summed E-state index contributed by atoms with van der Waals surface area (Å²) in [6, 6.07) is 7.94. The molecule has 1 saturated heterocycles. The number of nitrogens with zero attached hydrogens (tertiary/aromatic N) is 1. The van der Waals surface area contributed by atoms with Crippen LogP contribution in [-0.2, 0) is 0 Å². The third-order valence-corrected chi connectivity index (χ3v) is 4.95. The van der Waals surface area contributed by atoms with Crippen molar-refractivity contribution in [2.75, 3.05) is 17.6 Å². The molecule has 17 heavy (non-hydrogen) atoms. The first kappa shape index (κ1) is 12.8. The van der Waals surface area contributed by atoms with E-state index in [9.17, 15) is 0 Å². The van der Waals surface area contributed by atoms with Crippen LogP contribution in [0.5, 0.6) is 0 Å². The largest absolute Gasteiger partial charge is 0.384 e. The van der Waals surface area contributed by atoms with E-state index < -0.39 is 0 Å². The van der Waals surface area contributed by atoms with E-state index in [0.717, 1.165) is 22.0 Å². The molecule has 1 atom stereocenters. The number of benzene rings is 1. The van der Waals surface area contributed by atoms with E-state index in [1.165, 1.54) is 25.0 Å². The van der Waals surface area contributed by atoms with Crippen molar-refractivity contribution in [3.05, 3.63) is 28.2 Å². The zero-order chi connectivity index (χ0) is 12.1. The van der Waals surface area contributed by atoms with Crippen LogP contribution in [0.3, 0.4) is 0 Å². The van der Waals surface area contributed by atoms with Gasteiger partial charge in [0.25, 0.3) is 0 Å². The summed E-state index contributed by atoms with van der Waals surface area (Å²) in [6.07, 6.45) is 4.04. The van der Waals surface area contributed by atoms with Gasteiger partial charge in [0, 0.05) is 22.0 Å². The van der Waals surface area contributed by atoms with E-state index >= 15 is 0 Å². The van der Waals surface area contributed by atoms with Crippen molar-refractivity contribution < 1.29 is 0 Å². The van der Waals surface area contributed by atoms with Gasteiger partial charge in [-0.15, -0.1) is 0 Å². The Morgan fingerprint density at radius 1 is 1.47 bits per heavy atom. The number of rotatable bonds is 3. The number of hydrogen-bond acceptors (Lipinski definition) is 3. The normalized spacial score (nSPS) is 19.6. The van der Waals surface area contributed by atoms with Crippen molar-refractivity contribution in [1.82, 2.24) is 0 Å². The molecule has 90 valence electrons. The fourth-order valence-electron chi connectivity index (χ4n) is 1.92. The summed E-state index contributed by atoms with van der Waals surface area (Å²) in [6.45, 7) is 1.02. The van der Waals surface area contributed by atoms with E-state index in [0.29, 0.717) is 5.56 Å². The van der Waals surface area contributed by atoms with Crippen molar-refractivity contribution in [3.63, 3.8) is 0 Å². The van der Waals surface area contributed by atoms with Crippen LogP contribution in [-0.4, -0.2) is 17.5 Å². The minimum atomic E-state index is 0.683. The fraction of sp³-hybridized carbons (Fsp3) is 0.462. The van der Waals surface area contributed by atoms with E-state index in [2.05, 4.69) is 39.1 Å². The lowest BCUT2D eigenvalue weighted by Gasteiger charge is -2.22. The molecule has 1 heterocycles. The zero-order valence-corrected chi connectivity index (χ0v) is 12.0. The summed E-state index contributed by atoms with van der Waals surface area (Å²) in [5.74, 6) is 1.30. The molecular weight excluding hydrogens is 296 g/mol. The van der Waals surface area contributed by atoms with Gasteiger partial charge in [-0.25, -0.2) is 0 Å². The van der Waals surface area contributed by atoms with E-state index in [1.54, 1.807) is 0 Å². The maximum atomic E-state index is 8.84. The Bertz CT molecular complexity index is 422. The maximum absolute atomic E-state index is 8.84. The lowest BCUT2D eigenvalue weighted by Crippen LogP contribution is -2.19. The van der Waals surface area contributed by atoms with Crippen molar-refractivity contribution in [2.45, 2.75) is 24.5 Å². The highest BCUT2D eigenvalue weighted by atomic mass is 79.9. The summed E-state index contributed by atoms with van der Waals surface area (Å²) < 4.78 is 0.862. The highest BCUT2D eigenvalue weighted by Gasteiger charge is 2.13. The van der Waals surface area contributed by atoms with E-state index in [1.807, 2.05) is 18.2 Å². The molecule has 0 spiro atoms. The summed E-state index contributed by atoms with van der Waals surface area (Å²) in [5.41, 5.74) is 1.77. The molecule has 0 radical (unpaired) electrons. The quantitative estimate of drug-likeness (QED) is 0.916. The van der Waals surface area contributed by atoms with Gasteiger partial charge in [-0.1, -0.05) is 6.42 Å². The summed E-state index contributed by atoms with van der Waals surface area (Å²) in [7, 11) is 0. The van der Waals surface area contributed by atoms with Gasteiger partial charge in [-0.3, -0.25) is 0 Å². The summed E-state index contributed by atoms with van der Waals surface area (Å²) in [5, 5.41) is 13.0. The SMILES string of the molecule is N#Cc1ccc(NCC2CCCCS2)cc1Br. The first-order valence-electron chi connectivity index (χ1n) is 5.85. The number of anilines is 1. The van der Waals surface area contributed by atoms with Crippen LogP contribution in [0.1, 0.15) is 24.8 Å². The Morgan fingerprint density at radius 2 is 2.35 bits per heavy atom. The van der Waals surface area contributed by atoms with Crippen LogP contribution >= 0.6 is 27.7 Å². The Balaban J connectivity index is 1.90. The second-order valence-corrected chi connectivity index (χ2v) is 6.44. The standard InChI is InChI=1S/C13H15BrN2S/c14-13-7-11(5-4-10(13)8-15)16-9-12-3-1-2-6-17-12/h4-5,7,12,16H,1-3,6,9H2. The van der Waals surface area contributed by atoms with Gasteiger partial charge >= 0.3 is 0 Å². The molecule has 1 aromatic carbocycles. The number of nitrogens with one attached hydrogen (secondary N) is 1. The van der Waals surface area contributed by atoms with Crippen LogP contribution in [0.2, 0.25) is 0 Å². The molecule has 1 aliphatic heterocycles. The predicted octanol–water partition coefficient (Wildman–Crippen LogP) is 4.02. The second-order valence-electron chi connectivity index (χ2n) is 4.18. The van der Waals surface area contributed by atoms with E-state index in [4.69, 9.17) is 5.26 Å². The van der Waals surface area contributed by atoms with E-state index in [-0.39, 0.29) is 0 Å². The molecule has 4 heteroatoms. The van der Waals surface area contributed by atoms with Crippen LogP contribution in [0.15, 0.2) is 22.7 Å². The molecule has 1 fully saturated rings. The van der Waals surface area contributed by atoms with Gasteiger partial charge in [0.2, 0.25) is 0 Å². The molecule has 1 aliphatic rings. The summed E-state index contributed by atoms with van der Waals surface area (Å²) in [4.78, 5) is 0. The predicted molar refractivity (Wildman–Crippen MR) is 77.4 cm³/mol. The Kier molecular flexibility index (Phi) is 4.75. The average Bonchev–Trinajstić information content (AvgIpc) is 2.38. The third kappa shape index (κ3) is 3.65. The van der Waals surface area contributed by atoms with Gasteiger partial charge in [0.05, 0.1) is 5.56 Å². The number of hydrogen-bond donors (Lipinski definition) is 1. The third-order valence-electron chi connectivity index (χ3n) is 2.90. The molecular formula is C13H15BrN2S. The lowest BCUT2D eigenvalue weighted by atomic mass is 10.2. The topological polar surface area (TPSA) is 35.8 Å². The molecule has 1 N–H and O–H groups in total. The molecule has 0 aliphatic carbocycles. The van der Waals surface area contributed by atoms with Crippen LogP contribution in [0.4, 0.5) is 5.69 Å². The number of halogens is 1. The Morgan fingerprint density at radius 3 is 3.00 bits per heavy atom. The molecule has 0 amide bonds. The van der Waals surface area contributed by atoms with Gasteiger partial charge in [0.1, 0.15) is 6.07 Å². The van der Waals surface area contributed by atoms with Gasteiger partial charge < -0.3 is 5.32 Å². The van der Waals surface area contributed by atoms with Crippen molar-refractivity contribution in [2.24, 2.45) is 0 Å². The van der Waals surface area contributed by atoms with Crippen molar-refractivity contribution in [1.29, 1.82) is 5.26 Å². The molecule has 0 saturated carbocycles. The highest BCUT2D eigenvalue weighted by molar-refractivity contribution is 9.10. The minimum Gasteiger partial charge on any atom is -0.384 e. The van der Waals surface area contributed by atoms with Gasteiger partial charge in [-0.05, 0) is 52.7 Å². The maximum Gasteiger partial charge on any atom is 0.100 e. The molecule has 1 unspecified atom stereocenters. The van der Waals surface area contributed by atoms with Crippen molar-refractivity contribution in [3.8, 4) is 6.07 Å². The van der Waals surface area contributed by atoms with Gasteiger partial charge in [0.15, 0.2) is 0 Å². The van der Waals surface area contributed by atoms with Crippen LogP contribution < -0.4 is 5.32 Å². The number of nitriles is 1. The molecule has 2 nitrogen and oxygen atoms in total. The Labute approximate surface area is 115 Å². The van der Waals surface area contributed by atoms with Crippen LogP contribution in [0, 0.1) is 11.3 Å². The van der Waals surface area contributed by atoms with Crippen molar-refractivity contribution >= 4 is 33.4 Å². The second kappa shape index (κ2) is 6.32. The smallest absolute Gasteiger partial charge is 0.100 e. The lowest BCUT2D eigenvalue weighted by molar-refractivity contribution is 0.677. The Hall–Kier alpha value is -0.660. The highest BCUT2D eigenvalue weighted by Crippen LogP contribution is 2.26. The molecule has 1 aromatic rings. The first-order valence-corrected chi connectivity index (χ1v) is 7.69. The summed E-state index contributed by atoms with van der Waals surface area (Å²) >= 11 is 5.47. The fourth-order valence-corrected chi connectivity index (χ4v) is 3.62. The monoisotopic (exact) mass is 310 g/mol. The molecule has 0 aromatic heterocycles. The first-order chi connectivity index (χ1) is 8.29.